The summed E-state index contributed by atoms with van der Waals surface area (Å²) in [5.74, 6) is 0.415. The van der Waals surface area contributed by atoms with Crippen molar-refractivity contribution in [2.75, 3.05) is 12.4 Å². The number of carbonyl (C=O) groups excluding carboxylic acids is 1. The summed E-state index contributed by atoms with van der Waals surface area (Å²) in [6.07, 6.45) is 0. The van der Waals surface area contributed by atoms with Crippen molar-refractivity contribution in [2.24, 2.45) is 5.14 Å². The monoisotopic (exact) mass is 135 g/mol. The maximum atomic E-state index is 10.0. The van der Waals surface area contributed by atoms with Gasteiger partial charge in [0.05, 0.1) is 0 Å². The van der Waals surface area contributed by atoms with Crippen LogP contribution in [0.3, 0.4) is 0 Å². The highest BCUT2D eigenvalue weighted by molar-refractivity contribution is 7.97. The number of hydrogen-bond donors (Lipinski definition) is 1. The molecule has 0 fully saturated rings. The van der Waals surface area contributed by atoms with Crippen LogP contribution in [-0.4, -0.2) is 18.3 Å². The van der Waals surface area contributed by atoms with Crippen LogP contribution in [0, 0.1) is 0 Å². The summed E-state index contributed by atoms with van der Waals surface area (Å²) in [6, 6.07) is 0. The topological polar surface area (TPSA) is 52.3 Å². The van der Waals surface area contributed by atoms with Crippen molar-refractivity contribution in [3.63, 3.8) is 0 Å². The highest BCUT2D eigenvalue weighted by Gasteiger charge is 1.88. The van der Waals surface area contributed by atoms with Gasteiger partial charge in [0.15, 0.2) is 0 Å². The van der Waals surface area contributed by atoms with E-state index in [1.54, 1.807) is 0 Å². The van der Waals surface area contributed by atoms with Gasteiger partial charge >= 0.3 is 5.97 Å². The second-order valence-electron chi connectivity index (χ2n) is 1.21. The van der Waals surface area contributed by atoms with E-state index < -0.39 is 0 Å². The molecule has 0 aliphatic rings. The molecule has 8 heavy (non-hydrogen) atoms. The van der Waals surface area contributed by atoms with Gasteiger partial charge < -0.3 is 4.74 Å². The average molecular weight is 135 g/mol. The summed E-state index contributed by atoms with van der Waals surface area (Å²) in [4.78, 5) is 10.0. The summed E-state index contributed by atoms with van der Waals surface area (Å²) >= 11 is 1.17. The predicted octanol–water partition coefficient (Wildman–Crippen LogP) is 0.156. The van der Waals surface area contributed by atoms with Crippen LogP contribution in [0.4, 0.5) is 0 Å². The number of ether oxygens (including phenoxy) is 1. The Bertz CT molecular complexity index is 76.4. The van der Waals surface area contributed by atoms with Crippen molar-refractivity contribution >= 4 is 17.9 Å². The molecule has 0 aromatic rings. The molecule has 0 atom stereocenters. The van der Waals surface area contributed by atoms with Crippen LogP contribution in [0.5, 0.6) is 0 Å². The van der Waals surface area contributed by atoms with Crippen LogP contribution >= 0.6 is 11.9 Å². The lowest BCUT2D eigenvalue weighted by atomic mass is 10.8. The Balaban J connectivity index is 2.82. The molecule has 0 aromatic carbocycles. The highest BCUT2D eigenvalue weighted by Crippen LogP contribution is 1.85. The molecule has 0 rings (SSSR count). The maximum Gasteiger partial charge on any atom is 0.302 e. The minimum absolute atomic E-state index is 0.251. The maximum absolute atomic E-state index is 10.0. The van der Waals surface area contributed by atoms with Gasteiger partial charge in [-0.2, -0.15) is 0 Å². The Labute approximate surface area is 52.7 Å². The van der Waals surface area contributed by atoms with Crippen LogP contribution < -0.4 is 5.14 Å². The van der Waals surface area contributed by atoms with Crippen LogP contribution in [0.2, 0.25) is 0 Å². The van der Waals surface area contributed by atoms with Crippen molar-refractivity contribution in [3.05, 3.63) is 0 Å². The first kappa shape index (κ1) is 7.78. The van der Waals surface area contributed by atoms with Gasteiger partial charge in [-0.05, 0) is 0 Å². The molecule has 0 amide bonds. The third-order valence-corrected chi connectivity index (χ3v) is 0.909. The van der Waals surface area contributed by atoms with Crippen LogP contribution in [0.25, 0.3) is 0 Å². The predicted molar refractivity (Wildman–Crippen MR) is 33.3 cm³/mol. The molecule has 0 aliphatic carbocycles. The molecule has 2 N–H and O–H groups in total. The number of esters is 1. The van der Waals surface area contributed by atoms with Gasteiger partial charge in [-0.15, -0.1) is 0 Å². The first-order valence-corrected chi connectivity index (χ1v) is 3.27. The molecule has 0 saturated heterocycles. The van der Waals surface area contributed by atoms with Crippen LogP contribution in [0.15, 0.2) is 0 Å². The van der Waals surface area contributed by atoms with E-state index in [1.807, 2.05) is 0 Å². The van der Waals surface area contributed by atoms with Gasteiger partial charge in [0.2, 0.25) is 0 Å². The molecule has 0 aliphatic heterocycles. The third kappa shape index (κ3) is 5.78. The van der Waals surface area contributed by atoms with Gasteiger partial charge in [0, 0.05) is 12.7 Å². The zero-order valence-corrected chi connectivity index (χ0v) is 5.53. The summed E-state index contributed by atoms with van der Waals surface area (Å²) < 4.78 is 4.54. The second kappa shape index (κ2) is 4.93. The first-order valence-electron chi connectivity index (χ1n) is 2.22. The normalized spacial score (nSPS) is 8.75. The minimum Gasteiger partial charge on any atom is -0.465 e. The molecule has 0 heterocycles. The SMILES string of the molecule is CC(=O)OCCSN. The summed E-state index contributed by atoms with van der Waals surface area (Å²) in [7, 11) is 0. The molecule has 0 unspecified atom stereocenters. The molecule has 0 radical (unpaired) electrons. The molecule has 0 aromatic heterocycles. The van der Waals surface area contributed by atoms with Gasteiger partial charge in [-0.1, -0.05) is 11.9 Å². The zero-order valence-electron chi connectivity index (χ0n) is 4.72. The quantitative estimate of drug-likeness (QED) is 0.340. The molecule has 0 saturated carbocycles. The first-order chi connectivity index (χ1) is 3.77. The van der Waals surface area contributed by atoms with E-state index in [9.17, 15) is 4.79 Å². The van der Waals surface area contributed by atoms with Gasteiger partial charge in [0.1, 0.15) is 6.61 Å². The highest BCUT2D eigenvalue weighted by atomic mass is 32.2. The van der Waals surface area contributed by atoms with E-state index in [1.165, 1.54) is 18.9 Å². The Kier molecular flexibility index (Phi) is 4.79. The molecule has 0 bridgehead atoms. The van der Waals surface area contributed by atoms with E-state index in [0.29, 0.717) is 12.4 Å². The van der Waals surface area contributed by atoms with Crippen molar-refractivity contribution in [2.45, 2.75) is 6.92 Å². The molecule has 3 nitrogen and oxygen atoms in total. The molecule has 48 valence electrons. The summed E-state index contributed by atoms with van der Waals surface area (Å²) in [5.41, 5.74) is 0. The van der Waals surface area contributed by atoms with Crippen LogP contribution in [0.1, 0.15) is 6.92 Å². The standard InChI is InChI=1S/C4H9NO2S/c1-4(6)7-2-3-8-5/h2-3,5H2,1H3. The van der Waals surface area contributed by atoms with Crippen molar-refractivity contribution < 1.29 is 9.53 Å². The smallest absolute Gasteiger partial charge is 0.302 e. The number of hydrogen-bond acceptors (Lipinski definition) is 4. The Morgan fingerprint density at radius 3 is 2.88 bits per heavy atom. The molecule has 0 spiro atoms. The van der Waals surface area contributed by atoms with Crippen LogP contribution in [-0.2, 0) is 9.53 Å². The Hall–Kier alpha value is -0.220. The zero-order chi connectivity index (χ0) is 6.41. The van der Waals surface area contributed by atoms with Crippen molar-refractivity contribution in [1.29, 1.82) is 0 Å². The molecule has 4 heteroatoms. The fraction of sp³-hybridized carbons (Fsp3) is 0.750. The van der Waals surface area contributed by atoms with E-state index >= 15 is 0 Å². The fourth-order valence-electron chi connectivity index (χ4n) is 0.234. The molecular formula is C4H9NO2S. The lowest BCUT2D eigenvalue weighted by Gasteiger charge is -1.96. The third-order valence-electron chi connectivity index (χ3n) is 0.507. The minimum atomic E-state index is -0.251. The molecular weight excluding hydrogens is 126 g/mol. The Morgan fingerprint density at radius 2 is 2.50 bits per heavy atom. The number of nitrogens with two attached hydrogens (primary N) is 1. The van der Waals surface area contributed by atoms with Gasteiger partial charge in [0.25, 0.3) is 0 Å². The van der Waals surface area contributed by atoms with E-state index in [-0.39, 0.29) is 5.97 Å². The lowest BCUT2D eigenvalue weighted by molar-refractivity contribution is -0.140. The van der Waals surface area contributed by atoms with Gasteiger partial charge in [-0.3, -0.25) is 9.93 Å². The van der Waals surface area contributed by atoms with E-state index in [0.717, 1.165) is 0 Å². The average Bonchev–Trinajstić information content (AvgIpc) is 1.66. The van der Waals surface area contributed by atoms with E-state index in [2.05, 4.69) is 4.74 Å². The fourth-order valence-corrected chi connectivity index (χ4v) is 0.413. The largest absolute Gasteiger partial charge is 0.465 e. The number of carbonyl (C=O) groups is 1. The number of rotatable bonds is 3. The Morgan fingerprint density at radius 1 is 1.88 bits per heavy atom. The summed E-state index contributed by atoms with van der Waals surface area (Å²) in [5, 5.41) is 5.04. The van der Waals surface area contributed by atoms with Crippen molar-refractivity contribution in [1.82, 2.24) is 0 Å². The summed E-state index contributed by atoms with van der Waals surface area (Å²) in [6.45, 7) is 1.79. The lowest BCUT2D eigenvalue weighted by Crippen LogP contribution is -2.03. The van der Waals surface area contributed by atoms with E-state index in [4.69, 9.17) is 5.14 Å². The van der Waals surface area contributed by atoms with Crippen molar-refractivity contribution in [3.8, 4) is 0 Å². The van der Waals surface area contributed by atoms with Gasteiger partial charge in [-0.25, -0.2) is 0 Å². The second-order valence-corrected chi connectivity index (χ2v) is 1.95.